The SMILES string of the molecule is CCCCCCCCCCCC(=O)OC[C@H](COP(=O)(O)OC[C@@H](O)COP(=O)(O)OC[C@@H](COC(=O)CCCCCCC)OC(=O)CCCCCCCCCC)OC(=O)CCCCCCCCCCCCCCCC(C)C. The van der Waals surface area contributed by atoms with Crippen molar-refractivity contribution in [3.63, 3.8) is 0 Å². The zero-order chi connectivity index (χ0) is 57.8. The molecule has 0 heterocycles. The van der Waals surface area contributed by atoms with E-state index in [0.717, 1.165) is 109 Å². The second kappa shape index (κ2) is 53.1. The third-order valence-corrected chi connectivity index (χ3v) is 15.4. The number of aliphatic hydroxyl groups is 1. The number of carbonyl (C=O) groups excluding carboxylic acids is 4. The Balaban J connectivity index is 5.13. The molecule has 78 heavy (non-hydrogen) atoms. The third-order valence-electron chi connectivity index (χ3n) is 13.5. The minimum absolute atomic E-state index is 0.104. The zero-order valence-corrected chi connectivity index (χ0v) is 51.6. The highest BCUT2D eigenvalue weighted by molar-refractivity contribution is 7.47. The maximum Gasteiger partial charge on any atom is 0.472 e. The molecule has 0 spiro atoms. The van der Waals surface area contributed by atoms with Crippen molar-refractivity contribution in [1.29, 1.82) is 0 Å². The van der Waals surface area contributed by atoms with Crippen LogP contribution in [0, 0.1) is 5.92 Å². The first-order chi connectivity index (χ1) is 37.5. The summed E-state index contributed by atoms with van der Waals surface area (Å²) in [7, 11) is -9.86. The Morgan fingerprint density at radius 1 is 0.346 bits per heavy atom. The number of ether oxygens (including phenoxy) is 4. The first-order valence-electron chi connectivity index (χ1n) is 31.1. The molecule has 0 radical (unpaired) electrons. The number of aliphatic hydroxyl groups excluding tert-OH is 1. The number of esters is 4. The highest BCUT2D eigenvalue weighted by Gasteiger charge is 2.30. The van der Waals surface area contributed by atoms with E-state index >= 15 is 0 Å². The lowest BCUT2D eigenvalue weighted by Gasteiger charge is -2.21. The van der Waals surface area contributed by atoms with Crippen LogP contribution in [0.1, 0.15) is 291 Å². The number of phosphoric acid groups is 2. The van der Waals surface area contributed by atoms with Crippen molar-refractivity contribution in [2.45, 2.75) is 310 Å². The van der Waals surface area contributed by atoms with Crippen molar-refractivity contribution in [2.24, 2.45) is 5.92 Å². The van der Waals surface area contributed by atoms with Gasteiger partial charge in [-0.1, -0.05) is 240 Å². The molecule has 0 saturated heterocycles. The number of hydrogen-bond donors (Lipinski definition) is 3. The summed E-state index contributed by atoms with van der Waals surface area (Å²) in [6.07, 6.45) is 35.2. The molecule has 0 aromatic heterocycles. The average molecular weight is 1160 g/mol. The molecule has 462 valence electrons. The topological polar surface area (TPSA) is 237 Å². The molecule has 0 bridgehead atoms. The van der Waals surface area contributed by atoms with Crippen LogP contribution < -0.4 is 0 Å². The second-order valence-corrected chi connectivity index (χ2v) is 24.8. The minimum atomic E-state index is -4.94. The van der Waals surface area contributed by atoms with E-state index in [2.05, 4.69) is 34.6 Å². The summed E-state index contributed by atoms with van der Waals surface area (Å²) in [5, 5.41) is 10.5. The van der Waals surface area contributed by atoms with Crippen LogP contribution in [0.5, 0.6) is 0 Å². The van der Waals surface area contributed by atoms with Gasteiger partial charge in [-0.3, -0.25) is 37.3 Å². The lowest BCUT2D eigenvalue weighted by Crippen LogP contribution is -2.30. The van der Waals surface area contributed by atoms with E-state index in [1.165, 1.54) is 103 Å². The van der Waals surface area contributed by atoms with Crippen LogP contribution in [0.25, 0.3) is 0 Å². The Bertz CT molecular complexity index is 1530. The second-order valence-electron chi connectivity index (χ2n) is 21.9. The Hall–Kier alpha value is -1.94. The highest BCUT2D eigenvalue weighted by Crippen LogP contribution is 2.45. The van der Waals surface area contributed by atoms with Gasteiger partial charge in [0, 0.05) is 25.7 Å². The highest BCUT2D eigenvalue weighted by atomic mass is 31.2. The average Bonchev–Trinajstić information content (AvgIpc) is 3.40. The van der Waals surface area contributed by atoms with Crippen molar-refractivity contribution in [3.8, 4) is 0 Å². The third kappa shape index (κ3) is 53.4. The number of hydrogen-bond acceptors (Lipinski definition) is 15. The van der Waals surface area contributed by atoms with Crippen LogP contribution in [0.2, 0.25) is 0 Å². The maximum absolute atomic E-state index is 12.9. The number of unbranched alkanes of at least 4 members (excludes halogenated alkanes) is 31. The molecule has 0 amide bonds. The van der Waals surface area contributed by atoms with Crippen LogP contribution in [0.15, 0.2) is 0 Å². The molecule has 17 nitrogen and oxygen atoms in total. The van der Waals surface area contributed by atoms with Crippen molar-refractivity contribution in [2.75, 3.05) is 39.6 Å². The molecule has 0 fully saturated rings. The zero-order valence-electron chi connectivity index (χ0n) is 49.8. The molecule has 0 aromatic rings. The molecule has 0 aromatic carbocycles. The Labute approximate surface area is 473 Å². The van der Waals surface area contributed by atoms with Gasteiger partial charge in [0.2, 0.25) is 0 Å². The molecular weight excluding hydrogens is 1040 g/mol. The first kappa shape index (κ1) is 76.1. The molecule has 3 N–H and O–H groups in total. The molecule has 2 unspecified atom stereocenters. The molecule has 5 atom stereocenters. The van der Waals surface area contributed by atoms with Crippen LogP contribution >= 0.6 is 15.6 Å². The molecule has 19 heteroatoms. The summed E-state index contributed by atoms with van der Waals surface area (Å²) in [6, 6.07) is 0. The normalized spacial score (nSPS) is 14.4. The van der Waals surface area contributed by atoms with Crippen LogP contribution in [-0.2, 0) is 65.4 Å². The quantitative estimate of drug-likeness (QED) is 0.0222. The lowest BCUT2D eigenvalue weighted by atomic mass is 10.0. The van der Waals surface area contributed by atoms with E-state index in [1.54, 1.807) is 0 Å². The van der Waals surface area contributed by atoms with E-state index < -0.39 is 97.5 Å². The van der Waals surface area contributed by atoms with Gasteiger partial charge < -0.3 is 33.8 Å². The molecular formula is C59H114O17P2. The van der Waals surface area contributed by atoms with Gasteiger partial charge in [0.05, 0.1) is 26.4 Å². The summed E-state index contributed by atoms with van der Waals surface area (Å²) < 4.78 is 67.5. The largest absolute Gasteiger partial charge is 0.472 e. The Morgan fingerprint density at radius 2 is 0.590 bits per heavy atom. The monoisotopic (exact) mass is 1160 g/mol. The maximum atomic E-state index is 12.9. The van der Waals surface area contributed by atoms with Gasteiger partial charge in [-0.15, -0.1) is 0 Å². The predicted molar refractivity (Wildman–Crippen MR) is 308 cm³/mol. The van der Waals surface area contributed by atoms with Gasteiger partial charge in [0.1, 0.15) is 19.3 Å². The molecule has 0 aliphatic rings. The molecule has 0 saturated carbocycles. The number of rotatable bonds is 59. The van der Waals surface area contributed by atoms with Crippen LogP contribution in [0.4, 0.5) is 0 Å². The lowest BCUT2D eigenvalue weighted by molar-refractivity contribution is -0.161. The fraction of sp³-hybridized carbons (Fsp3) is 0.932. The van der Waals surface area contributed by atoms with Crippen LogP contribution in [-0.4, -0.2) is 96.7 Å². The van der Waals surface area contributed by atoms with E-state index in [9.17, 15) is 43.2 Å². The molecule has 0 aliphatic heterocycles. The summed E-state index contributed by atoms with van der Waals surface area (Å²) >= 11 is 0. The summed E-state index contributed by atoms with van der Waals surface area (Å²) in [6.45, 7) is 7.04. The van der Waals surface area contributed by atoms with Gasteiger partial charge in [0.25, 0.3) is 0 Å². The van der Waals surface area contributed by atoms with Crippen molar-refractivity contribution >= 4 is 39.5 Å². The fourth-order valence-corrected chi connectivity index (χ4v) is 10.3. The molecule has 0 aliphatic carbocycles. The summed E-state index contributed by atoms with van der Waals surface area (Å²) in [4.78, 5) is 71.6. The number of carbonyl (C=O) groups is 4. The van der Waals surface area contributed by atoms with Gasteiger partial charge in [-0.2, -0.15) is 0 Å². The predicted octanol–water partition coefficient (Wildman–Crippen LogP) is 15.8. The van der Waals surface area contributed by atoms with Crippen molar-refractivity contribution in [3.05, 3.63) is 0 Å². The summed E-state index contributed by atoms with van der Waals surface area (Å²) in [5.74, 6) is -1.37. The van der Waals surface area contributed by atoms with Gasteiger partial charge in [-0.05, 0) is 31.6 Å². The van der Waals surface area contributed by atoms with Crippen molar-refractivity contribution in [1.82, 2.24) is 0 Å². The molecule has 0 rings (SSSR count). The van der Waals surface area contributed by atoms with Gasteiger partial charge in [0.15, 0.2) is 12.2 Å². The minimum Gasteiger partial charge on any atom is -0.462 e. The van der Waals surface area contributed by atoms with Gasteiger partial charge in [-0.25, -0.2) is 9.13 Å². The summed E-state index contributed by atoms with van der Waals surface area (Å²) in [5.41, 5.74) is 0. The first-order valence-corrected chi connectivity index (χ1v) is 34.1. The fourth-order valence-electron chi connectivity index (χ4n) is 8.70. The van der Waals surface area contributed by atoms with Crippen molar-refractivity contribution < 1.29 is 80.2 Å². The van der Waals surface area contributed by atoms with E-state index in [4.69, 9.17) is 37.0 Å². The number of phosphoric ester groups is 2. The Morgan fingerprint density at radius 3 is 0.872 bits per heavy atom. The van der Waals surface area contributed by atoms with Gasteiger partial charge >= 0.3 is 39.5 Å². The Kier molecular flexibility index (Phi) is 51.8. The van der Waals surface area contributed by atoms with E-state index in [-0.39, 0.29) is 25.7 Å². The van der Waals surface area contributed by atoms with E-state index in [1.807, 2.05) is 0 Å². The smallest absolute Gasteiger partial charge is 0.462 e. The van der Waals surface area contributed by atoms with Crippen LogP contribution in [0.3, 0.4) is 0 Å². The van der Waals surface area contributed by atoms with E-state index in [0.29, 0.717) is 25.7 Å². The standard InChI is InChI=1S/C59H114O17P2/c1-6-9-12-15-17-24-29-33-38-43-57(62)70-49-55(76-59(64)45-40-35-30-26-23-21-19-20-22-25-27-32-36-41-52(4)5)51-74-78(67,68)72-47-53(60)46-71-77(65,66)73-50-54(48-69-56(61)42-37-31-14-11-8-3)75-58(63)44-39-34-28-18-16-13-10-7-2/h52-55,60H,6-51H2,1-5H3,(H,65,66)(H,67,68)/t53-,54+,55+/m0/s1.